The van der Waals surface area contributed by atoms with Gasteiger partial charge < -0.3 is 9.47 Å². The van der Waals surface area contributed by atoms with Gasteiger partial charge in [0.2, 0.25) is 0 Å². The van der Waals surface area contributed by atoms with Gasteiger partial charge in [0, 0.05) is 13.3 Å². The highest BCUT2D eigenvalue weighted by molar-refractivity contribution is 5.69. The molecule has 0 aromatic rings. The summed E-state index contributed by atoms with van der Waals surface area (Å²) in [6.45, 7) is 4.51. The molecule has 0 radical (unpaired) electrons. The Morgan fingerprint density at radius 1 is 1.00 bits per heavy atom. The molecule has 0 heterocycles. The van der Waals surface area contributed by atoms with E-state index in [1.54, 1.807) is 0 Å². The first-order valence-corrected chi connectivity index (χ1v) is 6.90. The molecule has 0 amide bonds. The molecule has 0 saturated heterocycles. The summed E-state index contributed by atoms with van der Waals surface area (Å²) in [5.41, 5.74) is 0. The van der Waals surface area contributed by atoms with Gasteiger partial charge in [-0.3, -0.25) is 9.59 Å². The van der Waals surface area contributed by atoms with Gasteiger partial charge in [-0.15, -0.1) is 0 Å². The van der Waals surface area contributed by atoms with E-state index in [1.165, 1.54) is 6.92 Å². The Kier molecular flexibility index (Phi) is 6.76. The summed E-state index contributed by atoms with van der Waals surface area (Å²) in [6.07, 6.45) is 5.60. The zero-order chi connectivity index (χ0) is 13.4. The van der Waals surface area contributed by atoms with Gasteiger partial charge in [0.05, 0.1) is 13.2 Å². The molecular weight excluding hydrogens is 232 g/mol. The Morgan fingerprint density at radius 3 is 1.94 bits per heavy atom. The minimum absolute atomic E-state index is 0.0838. The van der Waals surface area contributed by atoms with Gasteiger partial charge in [0.1, 0.15) is 0 Å². The highest BCUT2D eigenvalue weighted by Gasteiger charge is 2.22. The third-order valence-electron chi connectivity index (χ3n) is 3.42. The highest BCUT2D eigenvalue weighted by atomic mass is 16.5. The van der Waals surface area contributed by atoms with Crippen LogP contribution in [0.3, 0.4) is 0 Å². The highest BCUT2D eigenvalue weighted by Crippen LogP contribution is 2.29. The Bertz CT molecular complexity index is 267. The van der Waals surface area contributed by atoms with Crippen LogP contribution in [0.4, 0.5) is 0 Å². The molecule has 0 bridgehead atoms. The normalized spacial score (nSPS) is 23.4. The largest absolute Gasteiger partial charge is 0.466 e. The van der Waals surface area contributed by atoms with Crippen LogP contribution in [0, 0.1) is 11.8 Å². The van der Waals surface area contributed by atoms with Gasteiger partial charge in [0.15, 0.2) is 0 Å². The second-order valence-electron chi connectivity index (χ2n) is 5.12. The summed E-state index contributed by atoms with van der Waals surface area (Å²) in [5.74, 6) is 0.682. The lowest BCUT2D eigenvalue weighted by Gasteiger charge is -2.27. The summed E-state index contributed by atoms with van der Waals surface area (Å²) in [6, 6.07) is 0. The summed E-state index contributed by atoms with van der Waals surface area (Å²) in [5, 5.41) is 0. The van der Waals surface area contributed by atoms with Crippen molar-refractivity contribution in [2.75, 3.05) is 13.2 Å². The van der Waals surface area contributed by atoms with Crippen LogP contribution in [0.2, 0.25) is 0 Å². The molecule has 4 heteroatoms. The molecule has 1 aliphatic carbocycles. The van der Waals surface area contributed by atoms with Gasteiger partial charge >= 0.3 is 11.9 Å². The van der Waals surface area contributed by atoms with E-state index in [-0.39, 0.29) is 11.9 Å². The Labute approximate surface area is 109 Å². The third kappa shape index (κ3) is 6.03. The van der Waals surface area contributed by atoms with Gasteiger partial charge in [-0.1, -0.05) is 6.92 Å². The zero-order valence-electron chi connectivity index (χ0n) is 11.4. The number of rotatable bonds is 6. The van der Waals surface area contributed by atoms with Crippen LogP contribution >= 0.6 is 0 Å². The standard InChI is InChI=1S/C14H24O4/c1-3-4-14(16)18-10-13-7-5-12(6-8-13)9-17-11(2)15/h12-13H,3-10H2,1-2H3. The van der Waals surface area contributed by atoms with Crippen molar-refractivity contribution in [3.63, 3.8) is 0 Å². The Morgan fingerprint density at radius 2 is 1.50 bits per heavy atom. The number of hydrogen-bond acceptors (Lipinski definition) is 4. The molecule has 1 saturated carbocycles. The quantitative estimate of drug-likeness (QED) is 0.686. The first-order chi connectivity index (χ1) is 8.61. The molecule has 4 nitrogen and oxygen atoms in total. The van der Waals surface area contributed by atoms with Crippen LogP contribution in [0.1, 0.15) is 52.4 Å². The van der Waals surface area contributed by atoms with E-state index in [0.717, 1.165) is 32.1 Å². The molecule has 0 unspecified atom stereocenters. The minimum atomic E-state index is -0.203. The van der Waals surface area contributed by atoms with E-state index in [2.05, 4.69) is 0 Å². The molecule has 1 rings (SSSR count). The van der Waals surface area contributed by atoms with Crippen molar-refractivity contribution >= 4 is 11.9 Å². The molecule has 0 aromatic heterocycles. The summed E-state index contributed by atoms with van der Waals surface area (Å²) in [7, 11) is 0. The monoisotopic (exact) mass is 256 g/mol. The van der Waals surface area contributed by atoms with E-state index in [4.69, 9.17) is 9.47 Å². The number of esters is 2. The molecule has 0 aliphatic heterocycles. The van der Waals surface area contributed by atoms with E-state index >= 15 is 0 Å². The van der Waals surface area contributed by atoms with Gasteiger partial charge in [-0.25, -0.2) is 0 Å². The summed E-state index contributed by atoms with van der Waals surface area (Å²) >= 11 is 0. The van der Waals surface area contributed by atoms with Gasteiger partial charge in [0.25, 0.3) is 0 Å². The molecule has 0 spiro atoms. The van der Waals surface area contributed by atoms with Crippen LogP contribution in [-0.2, 0) is 19.1 Å². The molecule has 104 valence electrons. The average molecular weight is 256 g/mol. The number of ether oxygens (including phenoxy) is 2. The molecule has 1 aliphatic rings. The third-order valence-corrected chi connectivity index (χ3v) is 3.42. The van der Waals surface area contributed by atoms with Crippen LogP contribution in [-0.4, -0.2) is 25.2 Å². The smallest absolute Gasteiger partial charge is 0.305 e. The van der Waals surface area contributed by atoms with E-state index in [9.17, 15) is 9.59 Å². The SMILES string of the molecule is CCCC(=O)OCC1CCC(COC(C)=O)CC1. The van der Waals surface area contributed by atoms with Crippen LogP contribution < -0.4 is 0 Å². The maximum atomic E-state index is 11.2. The van der Waals surface area contributed by atoms with Crippen LogP contribution in [0.5, 0.6) is 0 Å². The Balaban J connectivity index is 2.11. The molecule has 0 aromatic carbocycles. The van der Waals surface area contributed by atoms with Crippen molar-refractivity contribution in [2.24, 2.45) is 11.8 Å². The second kappa shape index (κ2) is 8.11. The molecule has 0 N–H and O–H groups in total. The van der Waals surface area contributed by atoms with Gasteiger partial charge in [-0.2, -0.15) is 0 Å². The second-order valence-corrected chi connectivity index (χ2v) is 5.12. The lowest BCUT2D eigenvalue weighted by atomic mass is 9.83. The predicted octanol–water partition coefficient (Wildman–Crippen LogP) is 2.70. The zero-order valence-corrected chi connectivity index (χ0v) is 11.4. The van der Waals surface area contributed by atoms with Crippen molar-refractivity contribution < 1.29 is 19.1 Å². The van der Waals surface area contributed by atoms with Crippen molar-refractivity contribution in [3.05, 3.63) is 0 Å². The fraction of sp³-hybridized carbons (Fsp3) is 0.857. The van der Waals surface area contributed by atoms with Crippen LogP contribution in [0.15, 0.2) is 0 Å². The van der Waals surface area contributed by atoms with Gasteiger partial charge in [-0.05, 0) is 43.9 Å². The maximum Gasteiger partial charge on any atom is 0.305 e. The fourth-order valence-electron chi connectivity index (χ4n) is 2.29. The summed E-state index contributed by atoms with van der Waals surface area (Å²) in [4.78, 5) is 22.0. The van der Waals surface area contributed by atoms with Crippen LogP contribution in [0.25, 0.3) is 0 Å². The van der Waals surface area contributed by atoms with Crippen molar-refractivity contribution in [2.45, 2.75) is 52.4 Å². The van der Waals surface area contributed by atoms with Crippen molar-refractivity contribution in [3.8, 4) is 0 Å². The van der Waals surface area contributed by atoms with E-state index in [0.29, 0.717) is 31.5 Å². The average Bonchev–Trinajstić information content (AvgIpc) is 2.35. The molecule has 0 atom stereocenters. The number of carbonyl (C=O) groups is 2. The molecular formula is C14H24O4. The minimum Gasteiger partial charge on any atom is -0.466 e. The molecule has 1 fully saturated rings. The van der Waals surface area contributed by atoms with Crippen molar-refractivity contribution in [1.82, 2.24) is 0 Å². The lowest BCUT2D eigenvalue weighted by Crippen LogP contribution is -2.23. The maximum absolute atomic E-state index is 11.2. The topological polar surface area (TPSA) is 52.6 Å². The summed E-state index contributed by atoms with van der Waals surface area (Å²) < 4.78 is 10.3. The predicted molar refractivity (Wildman–Crippen MR) is 67.9 cm³/mol. The van der Waals surface area contributed by atoms with E-state index in [1.807, 2.05) is 6.92 Å². The Hall–Kier alpha value is -1.06. The first kappa shape index (κ1) is 15.0. The van der Waals surface area contributed by atoms with Crippen molar-refractivity contribution in [1.29, 1.82) is 0 Å². The number of carbonyl (C=O) groups excluding carboxylic acids is 2. The number of hydrogen-bond donors (Lipinski definition) is 0. The van der Waals surface area contributed by atoms with E-state index < -0.39 is 0 Å². The molecule has 18 heavy (non-hydrogen) atoms. The lowest BCUT2D eigenvalue weighted by molar-refractivity contribution is -0.146. The fourth-order valence-corrected chi connectivity index (χ4v) is 2.29. The first-order valence-electron chi connectivity index (χ1n) is 6.90.